The molecule has 0 aliphatic rings. The van der Waals surface area contributed by atoms with Crippen molar-refractivity contribution in [3.63, 3.8) is 0 Å². The highest BCUT2D eigenvalue weighted by Gasteiger charge is 2.16. The van der Waals surface area contributed by atoms with Crippen molar-refractivity contribution >= 4 is 5.91 Å². The number of nitrogens with two attached hydrogens (primary N) is 1. The van der Waals surface area contributed by atoms with Crippen molar-refractivity contribution in [1.29, 1.82) is 0 Å². The normalized spacial score (nSPS) is 15.1. The van der Waals surface area contributed by atoms with Crippen molar-refractivity contribution in [2.75, 3.05) is 0 Å². The summed E-state index contributed by atoms with van der Waals surface area (Å²) in [7, 11) is 0. The van der Waals surface area contributed by atoms with Crippen LogP contribution in [0.4, 0.5) is 0 Å². The molecule has 2 atom stereocenters. The lowest BCUT2D eigenvalue weighted by molar-refractivity contribution is -0.123. The fourth-order valence-electron chi connectivity index (χ4n) is 1.87. The molecule has 102 valence electrons. The van der Waals surface area contributed by atoms with Crippen molar-refractivity contribution in [2.45, 2.75) is 72.4 Å². The molecule has 1 unspecified atom stereocenters. The summed E-state index contributed by atoms with van der Waals surface area (Å²) >= 11 is 0. The van der Waals surface area contributed by atoms with Gasteiger partial charge < -0.3 is 11.1 Å². The summed E-state index contributed by atoms with van der Waals surface area (Å²) in [5, 5.41) is 2.99. The topological polar surface area (TPSA) is 55.1 Å². The van der Waals surface area contributed by atoms with Crippen LogP contribution in [0.3, 0.4) is 0 Å². The van der Waals surface area contributed by atoms with Crippen LogP contribution < -0.4 is 11.1 Å². The first-order valence-corrected chi connectivity index (χ1v) is 6.88. The van der Waals surface area contributed by atoms with Crippen molar-refractivity contribution in [2.24, 2.45) is 17.6 Å². The van der Waals surface area contributed by atoms with Gasteiger partial charge in [0.25, 0.3) is 0 Å². The Labute approximate surface area is 107 Å². The van der Waals surface area contributed by atoms with Crippen LogP contribution in [0.25, 0.3) is 0 Å². The van der Waals surface area contributed by atoms with Crippen molar-refractivity contribution in [1.82, 2.24) is 5.32 Å². The second-order valence-corrected chi connectivity index (χ2v) is 5.97. The lowest BCUT2D eigenvalue weighted by Crippen LogP contribution is -2.45. The number of amides is 1. The first-order chi connectivity index (χ1) is 7.82. The molecule has 1 amide bonds. The van der Waals surface area contributed by atoms with E-state index >= 15 is 0 Å². The zero-order valence-electron chi connectivity index (χ0n) is 12.1. The van der Waals surface area contributed by atoms with Gasteiger partial charge in [-0.05, 0) is 31.6 Å². The molecule has 0 aromatic heterocycles. The molecule has 0 saturated carbocycles. The van der Waals surface area contributed by atoms with Crippen LogP contribution in [0.1, 0.15) is 60.3 Å². The van der Waals surface area contributed by atoms with Crippen LogP contribution in [-0.4, -0.2) is 18.0 Å². The van der Waals surface area contributed by atoms with Gasteiger partial charge in [0.2, 0.25) is 5.91 Å². The van der Waals surface area contributed by atoms with Crippen LogP contribution in [0.2, 0.25) is 0 Å². The van der Waals surface area contributed by atoms with E-state index in [9.17, 15) is 4.79 Å². The van der Waals surface area contributed by atoms with Crippen LogP contribution in [0.15, 0.2) is 0 Å². The lowest BCUT2D eigenvalue weighted by Gasteiger charge is -2.19. The number of rotatable bonds is 8. The second kappa shape index (κ2) is 8.51. The molecule has 0 fully saturated rings. The maximum Gasteiger partial charge on any atom is 0.237 e. The summed E-state index contributed by atoms with van der Waals surface area (Å²) in [6.07, 6.45) is 4.18. The Kier molecular flexibility index (Phi) is 8.23. The summed E-state index contributed by atoms with van der Waals surface area (Å²) < 4.78 is 0. The quantitative estimate of drug-likeness (QED) is 0.687. The molecule has 0 saturated heterocycles. The summed E-state index contributed by atoms with van der Waals surface area (Å²) in [6, 6.07) is -0.123. The third-order valence-electron chi connectivity index (χ3n) is 2.87. The Bertz CT molecular complexity index is 214. The molecule has 3 N–H and O–H groups in total. The highest BCUT2D eigenvalue weighted by atomic mass is 16.2. The average Bonchev–Trinajstić information content (AvgIpc) is 2.15. The summed E-state index contributed by atoms with van der Waals surface area (Å²) in [5.41, 5.74) is 5.83. The van der Waals surface area contributed by atoms with Crippen LogP contribution >= 0.6 is 0 Å². The molecule has 3 heteroatoms. The average molecular weight is 242 g/mol. The summed E-state index contributed by atoms with van der Waals surface area (Å²) in [6.45, 7) is 10.7. The van der Waals surface area contributed by atoms with E-state index < -0.39 is 0 Å². The van der Waals surface area contributed by atoms with E-state index in [-0.39, 0.29) is 18.0 Å². The van der Waals surface area contributed by atoms with Gasteiger partial charge in [0.15, 0.2) is 0 Å². The van der Waals surface area contributed by atoms with E-state index in [4.69, 9.17) is 5.73 Å². The highest BCUT2D eigenvalue weighted by Crippen LogP contribution is 2.09. The van der Waals surface area contributed by atoms with Gasteiger partial charge >= 0.3 is 0 Å². The Hall–Kier alpha value is -0.570. The van der Waals surface area contributed by atoms with Gasteiger partial charge in [-0.3, -0.25) is 4.79 Å². The van der Waals surface area contributed by atoms with Crippen molar-refractivity contribution in [3.05, 3.63) is 0 Å². The van der Waals surface area contributed by atoms with Gasteiger partial charge in [-0.1, -0.05) is 40.5 Å². The SMILES string of the molecule is CC(C)CCCC(C)NC(=O)[C@H](N)CC(C)C. The Balaban J connectivity index is 3.79. The predicted molar refractivity (Wildman–Crippen MR) is 73.7 cm³/mol. The van der Waals surface area contributed by atoms with Gasteiger partial charge in [-0.25, -0.2) is 0 Å². The Morgan fingerprint density at radius 3 is 2.12 bits per heavy atom. The van der Waals surface area contributed by atoms with Gasteiger partial charge in [-0.2, -0.15) is 0 Å². The highest BCUT2D eigenvalue weighted by molar-refractivity contribution is 5.81. The van der Waals surface area contributed by atoms with E-state index in [1.54, 1.807) is 0 Å². The number of carbonyl (C=O) groups excluding carboxylic acids is 1. The van der Waals surface area contributed by atoms with Gasteiger partial charge in [-0.15, -0.1) is 0 Å². The van der Waals surface area contributed by atoms with E-state index in [1.165, 1.54) is 12.8 Å². The lowest BCUT2D eigenvalue weighted by atomic mass is 10.0. The number of nitrogens with one attached hydrogen (secondary N) is 1. The fraction of sp³-hybridized carbons (Fsp3) is 0.929. The van der Waals surface area contributed by atoms with E-state index in [0.29, 0.717) is 5.92 Å². The van der Waals surface area contributed by atoms with E-state index in [2.05, 4.69) is 39.9 Å². The van der Waals surface area contributed by atoms with E-state index in [0.717, 1.165) is 18.8 Å². The standard InChI is InChI=1S/C14H30N2O/c1-10(2)7-6-8-12(5)16-14(17)13(15)9-11(3)4/h10-13H,6-9,15H2,1-5H3,(H,16,17)/t12?,13-/m1/s1. The van der Waals surface area contributed by atoms with Gasteiger partial charge in [0.05, 0.1) is 6.04 Å². The van der Waals surface area contributed by atoms with Gasteiger partial charge in [0.1, 0.15) is 0 Å². The molecule has 0 rings (SSSR count). The molecular formula is C14H30N2O. The first-order valence-electron chi connectivity index (χ1n) is 6.88. The minimum Gasteiger partial charge on any atom is -0.352 e. The predicted octanol–water partition coefficient (Wildman–Crippen LogP) is 2.69. The molecule has 0 aromatic carbocycles. The summed E-state index contributed by atoms with van der Waals surface area (Å²) in [4.78, 5) is 11.7. The smallest absolute Gasteiger partial charge is 0.237 e. The van der Waals surface area contributed by atoms with Crippen LogP contribution in [0.5, 0.6) is 0 Å². The Morgan fingerprint density at radius 1 is 1.06 bits per heavy atom. The first kappa shape index (κ1) is 16.4. The third kappa shape index (κ3) is 9.16. The minimum absolute atomic E-state index is 0.00394. The molecule has 0 aliphatic heterocycles. The second-order valence-electron chi connectivity index (χ2n) is 5.97. The zero-order valence-corrected chi connectivity index (χ0v) is 12.1. The molecule has 0 aromatic rings. The zero-order chi connectivity index (χ0) is 13.4. The maximum absolute atomic E-state index is 11.7. The fourth-order valence-corrected chi connectivity index (χ4v) is 1.87. The number of hydrogen-bond donors (Lipinski definition) is 2. The molecule has 0 heterocycles. The molecule has 0 spiro atoms. The monoisotopic (exact) mass is 242 g/mol. The number of hydrogen-bond acceptors (Lipinski definition) is 2. The molecule has 0 bridgehead atoms. The number of carbonyl (C=O) groups is 1. The third-order valence-corrected chi connectivity index (χ3v) is 2.87. The van der Waals surface area contributed by atoms with E-state index in [1.807, 2.05) is 0 Å². The molecule has 3 nitrogen and oxygen atoms in total. The van der Waals surface area contributed by atoms with Crippen molar-refractivity contribution < 1.29 is 4.79 Å². The molecule has 17 heavy (non-hydrogen) atoms. The summed E-state index contributed by atoms with van der Waals surface area (Å²) in [5.74, 6) is 1.20. The maximum atomic E-state index is 11.7. The minimum atomic E-state index is -0.359. The van der Waals surface area contributed by atoms with Crippen molar-refractivity contribution in [3.8, 4) is 0 Å². The van der Waals surface area contributed by atoms with Gasteiger partial charge in [0, 0.05) is 6.04 Å². The van der Waals surface area contributed by atoms with Crippen LogP contribution in [-0.2, 0) is 4.79 Å². The molecule has 0 radical (unpaired) electrons. The van der Waals surface area contributed by atoms with Crippen LogP contribution in [0, 0.1) is 11.8 Å². The Morgan fingerprint density at radius 2 is 1.65 bits per heavy atom. The largest absolute Gasteiger partial charge is 0.352 e. The molecule has 0 aliphatic carbocycles. The molecular weight excluding hydrogens is 212 g/mol.